The molecular weight excluding hydrogens is 200 g/mol. The van der Waals surface area contributed by atoms with Crippen LogP contribution in [0.1, 0.15) is 36.8 Å². The zero-order chi connectivity index (χ0) is 11.4. The fourth-order valence-corrected chi connectivity index (χ4v) is 2.23. The van der Waals surface area contributed by atoms with Crippen LogP contribution in [0.15, 0.2) is 30.3 Å². The summed E-state index contributed by atoms with van der Waals surface area (Å²) < 4.78 is 0. The van der Waals surface area contributed by atoms with Crippen LogP contribution in [0.3, 0.4) is 0 Å². The van der Waals surface area contributed by atoms with Gasteiger partial charge in [0.15, 0.2) is 0 Å². The van der Waals surface area contributed by atoms with Crippen LogP contribution < -0.4 is 0 Å². The maximum atomic E-state index is 10.8. The molecule has 0 bridgehead atoms. The fraction of sp³-hybridized carbons (Fsp3) is 0.357. The van der Waals surface area contributed by atoms with Gasteiger partial charge in [-0.2, -0.15) is 0 Å². The first kappa shape index (κ1) is 10.9. The minimum atomic E-state index is -0.760. The Labute approximate surface area is 95.6 Å². The first-order valence-corrected chi connectivity index (χ1v) is 5.76. The van der Waals surface area contributed by atoms with Gasteiger partial charge in [0, 0.05) is 0 Å². The maximum absolute atomic E-state index is 10.8. The highest BCUT2D eigenvalue weighted by Gasteiger charge is 2.11. The van der Waals surface area contributed by atoms with E-state index in [1.54, 1.807) is 0 Å². The van der Waals surface area contributed by atoms with Gasteiger partial charge in [0.1, 0.15) is 0 Å². The van der Waals surface area contributed by atoms with Crippen molar-refractivity contribution in [1.29, 1.82) is 0 Å². The molecule has 0 saturated heterocycles. The number of aliphatic carboxylic acids is 1. The lowest BCUT2D eigenvalue weighted by Gasteiger charge is -2.15. The lowest BCUT2D eigenvalue weighted by Crippen LogP contribution is -2.04. The van der Waals surface area contributed by atoms with E-state index in [0.29, 0.717) is 0 Å². The summed E-state index contributed by atoms with van der Waals surface area (Å²) in [7, 11) is 0. The van der Waals surface area contributed by atoms with Crippen molar-refractivity contribution >= 4 is 11.5 Å². The molecule has 0 unspecified atom stereocenters. The Kier molecular flexibility index (Phi) is 3.40. The van der Waals surface area contributed by atoms with Crippen molar-refractivity contribution in [1.82, 2.24) is 0 Å². The smallest absolute Gasteiger partial charge is 0.307 e. The molecule has 0 aromatic heterocycles. The van der Waals surface area contributed by atoms with Gasteiger partial charge in [-0.3, -0.25) is 4.79 Å². The third-order valence-corrected chi connectivity index (χ3v) is 3.00. The van der Waals surface area contributed by atoms with E-state index in [9.17, 15) is 4.79 Å². The van der Waals surface area contributed by atoms with Crippen LogP contribution in [0.5, 0.6) is 0 Å². The van der Waals surface area contributed by atoms with Crippen molar-refractivity contribution in [2.24, 2.45) is 0 Å². The second-order valence-corrected chi connectivity index (χ2v) is 4.20. The van der Waals surface area contributed by atoms with Gasteiger partial charge in [-0.05, 0) is 42.4 Å². The van der Waals surface area contributed by atoms with Gasteiger partial charge in [-0.25, -0.2) is 0 Å². The number of allylic oxidation sites excluding steroid dienone is 2. The summed E-state index contributed by atoms with van der Waals surface area (Å²) in [6.07, 6.45) is 7.04. The highest BCUT2D eigenvalue weighted by molar-refractivity contribution is 5.76. The summed E-state index contributed by atoms with van der Waals surface area (Å²) in [5.74, 6) is -0.760. The first-order valence-electron chi connectivity index (χ1n) is 5.76. The molecule has 0 fully saturated rings. The van der Waals surface area contributed by atoms with Crippen molar-refractivity contribution in [2.75, 3.05) is 0 Å². The third-order valence-electron chi connectivity index (χ3n) is 3.00. The number of carbonyl (C=O) groups is 1. The average molecular weight is 216 g/mol. The number of carboxylic acid groups (broad SMARTS) is 1. The van der Waals surface area contributed by atoms with Crippen LogP contribution in [0.4, 0.5) is 0 Å². The highest BCUT2D eigenvalue weighted by atomic mass is 16.4. The maximum Gasteiger partial charge on any atom is 0.307 e. The number of carboxylic acids is 1. The first-order chi connectivity index (χ1) is 7.77. The Bertz CT molecular complexity index is 418. The Morgan fingerprint density at radius 3 is 2.75 bits per heavy atom. The zero-order valence-corrected chi connectivity index (χ0v) is 9.28. The normalized spacial score (nSPS) is 15.6. The summed E-state index contributed by atoms with van der Waals surface area (Å²) in [5, 5.41) is 8.87. The molecule has 0 heterocycles. The van der Waals surface area contributed by atoms with E-state index in [2.05, 4.69) is 6.08 Å². The fourth-order valence-electron chi connectivity index (χ4n) is 2.23. The topological polar surface area (TPSA) is 37.3 Å². The van der Waals surface area contributed by atoms with Crippen molar-refractivity contribution in [3.8, 4) is 0 Å². The summed E-state index contributed by atoms with van der Waals surface area (Å²) in [6.45, 7) is 0. The van der Waals surface area contributed by atoms with Gasteiger partial charge in [-0.15, -0.1) is 0 Å². The molecule has 1 aromatic carbocycles. The van der Waals surface area contributed by atoms with Crippen LogP contribution in [-0.2, 0) is 11.2 Å². The molecule has 0 radical (unpaired) electrons. The summed E-state index contributed by atoms with van der Waals surface area (Å²) in [5.41, 5.74) is 3.39. The highest BCUT2D eigenvalue weighted by Crippen LogP contribution is 2.29. The van der Waals surface area contributed by atoms with Crippen LogP contribution >= 0.6 is 0 Å². The van der Waals surface area contributed by atoms with Crippen LogP contribution in [0, 0.1) is 0 Å². The van der Waals surface area contributed by atoms with Crippen molar-refractivity contribution < 1.29 is 9.90 Å². The van der Waals surface area contributed by atoms with E-state index in [-0.39, 0.29) is 6.42 Å². The third kappa shape index (κ3) is 2.51. The number of hydrogen-bond donors (Lipinski definition) is 1. The number of rotatable bonds is 3. The predicted octanol–water partition coefficient (Wildman–Crippen LogP) is 3.27. The summed E-state index contributed by atoms with van der Waals surface area (Å²) in [4.78, 5) is 10.8. The molecule has 1 aromatic rings. The monoisotopic (exact) mass is 216 g/mol. The van der Waals surface area contributed by atoms with Crippen molar-refractivity contribution in [2.45, 2.75) is 32.1 Å². The largest absolute Gasteiger partial charge is 0.481 e. The molecule has 2 nitrogen and oxygen atoms in total. The molecule has 0 saturated carbocycles. The van der Waals surface area contributed by atoms with E-state index >= 15 is 0 Å². The van der Waals surface area contributed by atoms with Crippen LogP contribution in [0.25, 0.3) is 5.57 Å². The van der Waals surface area contributed by atoms with Crippen molar-refractivity contribution in [3.63, 3.8) is 0 Å². The number of hydrogen-bond acceptors (Lipinski definition) is 1. The van der Waals surface area contributed by atoms with Gasteiger partial charge >= 0.3 is 5.97 Å². The minimum absolute atomic E-state index is 0.119. The van der Waals surface area contributed by atoms with E-state index < -0.39 is 5.97 Å². The molecule has 84 valence electrons. The quantitative estimate of drug-likeness (QED) is 0.842. The van der Waals surface area contributed by atoms with E-state index in [4.69, 9.17) is 5.11 Å². The standard InChI is InChI=1S/C14H16O2/c15-14(16)10-12-8-4-5-9-13(12)11-6-2-1-3-7-11/h4-6,8-9H,1-3,7,10H2,(H,15,16). The van der Waals surface area contributed by atoms with Gasteiger partial charge in [0.2, 0.25) is 0 Å². The van der Waals surface area contributed by atoms with Crippen molar-refractivity contribution in [3.05, 3.63) is 41.5 Å². The van der Waals surface area contributed by atoms with Crippen LogP contribution in [0.2, 0.25) is 0 Å². The molecule has 2 rings (SSSR count). The predicted molar refractivity (Wildman–Crippen MR) is 64.2 cm³/mol. The molecule has 1 aliphatic rings. The molecule has 1 aliphatic carbocycles. The average Bonchev–Trinajstić information content (AvgIpc) is 2.30. The van der Waals surface area contributed by atoms with Gasteiger partial charge in [0.05, 0.1) is 6.42 Å². The Morgan fingerprint density at radius 2 is 2.06 bits per heavy atom. The van der Waals surface area contributed by atoms with Gasteiger partial charge < -0.3 is 5.11 Å². The SMILES string of the molecule is O=C(O)Cc1ccccc1C1=CCCCC1. The minimum Gasteiger partial charge on any atom is -0.481 e. The molecule has 2 heteroatoms. The molecular formula is C14H16O2. The zero-order valence-electron chi connectivity index (χ0n) is 9.28. The molecule has 0 aliphatic heterocycles. The second-order valence-electron chi connectivity index (χ2n) is 4.20. The second kappa shape index (κ2) is 4.97. The lowest BCUT2D eigenvalue weighted by molar-refractivity contribution is -0.136. The van der Waals surface area contributed by atoms with E-state index in [1.807, 2.05) is 24.3 Å². The Hall–Kier alpha value is -1.57. The molecule has 0 spiro atoms. The lowest BCUT2D eigenvalue weighted by atomic mass is 9.90. The number of benzene rings is 1. The van der Waals surface area contributed by atoms with Gasteiger partial charge in [0.25, 0.3) is 0 Å². The summed E-state index contributed by atoms with van der Waals surface area (Å²) in [6, 6.07) is 7.84. The molecule has 0 atom stereocenters. The van der Waals surface area contributed by atoms with Gasteiger partial charge in [-0.1, -0.05) is 30.3 Å². The van der Waals surface area contributed by atoms with Crippen LogP contribution in [-0.4, -0.2) is 11.1 Å². The Morgan fingerprint density at radius 1 is 1.25 bits per heavy atom. The molecule has 0 amide bonds. The summed E-state index contributed by atoms with van der Waals surface area (Å²) >= 11 is 0. The molecule has 16 heavy (non-hydrogen) atoms. The molecule has 1 N–H and O–H groups in total. The van der Waals surface area contributed by atoms with E-state index in [0.717, 1.165) is 24.0 Å². The van der Waals surface area contributed by atoms with E-state index in [1.165, 1.54) is 18.4 Å². The Balaban J connectivity index is 2.31.